The van der Waals surface area contributed by atoms with Gasteiger partial charge < -0.3 is 14.7 Å². The van der Waals surface area contributed by atoms with Crippen LogP contribution < -0.4 is 4.90 Å². The molecule has 4 nitrogen and oxygen atoms in total. The monoisotopic (exact) mass is 369 g/mol. The molecule has 0 aromatic heterocycles. The molecule has 3 rings (SSSR count). The lowest BCUT2D eigenvalue weighted by atomic mass is 9.93. The minimum Gasteiger partial charge on any atom is -0.368 e. The van der Waals surface area contributed by atoms with Crippen molar-refractivity contribution in [3.63, 3.8) is 0 Å². The Morgan fingerprint density at radius 1 is 1.08 bits per heavy atom. The number of hydrogen-bond acceptors (Lipinski definition) is 3. The van der Waals surface area contributed by atoms with Crippen LogP contribution in [0.15, 0.2) is 24.3 Å². The fraction of sp³-hybridized carbons (Fsp3) is 0.632. The van der Waals surface area contributed by atoms with Crippen molar-refractivity contribution >= 4 is 11.6 Å². The molecule has 0 aliphatic carbocycles. The molecular weight excluding hydrogens is 343 g/mol. The van der Waals surface area contributed by atoms with Crippen molar-refractivity contribution in [1.82, 2.24) is 9.80 Å². The molecule has 0 bridgehead atoms. The van der Waals surface area contributed by atoms with Crippen LogP contribution in [0.2, 0.25) is 0 Å². The summed E-state index contributed by atoms with van der Waals surface area (Å²) in [5.41, 5.74) is -0.0574. The predicted octanol–water partition coefficient (Wildman–Crippen LogP) is 3.09. The van der Waals surface area contributed by atoms with Gasteiger partial charge in [-0.05, 0) is 57.1 Å². The summed E-state index contributed by atoms with van der Waals surface area (Å²) in [6.07, 6.45) is -1.61. The van der Waals surface area contributed by atoms with Gasteiger partial charge >= 0.3 is 6.18 Å². The van der Waals surface area contributed by atoms with Crippen molar-refractivity contribution in [2.45, 2.75) is 25.4 Å². The zero-order valence-corrected chi connectivity index (χ0v) is 15.1. The maximum atomic E-state index is 12.9. The molecule has 144 valence electrons. The first-order chi connectivity index (χ1) is 12.3. The Labute approximate surface area is 152 Å². The lowest BCUT2D eigenvalue weighted by Gasteiger charge is -2.37. The van der Waals surface area contributed by atoms with E-state index in [9.17, 15) is 18.0 Å². The van der Waals surface area contributed by atoms with Crippen molar-refractivity contribution in [1.29, 1.82) is 0 Å². The highest BCUT2D eigenvalue weighted by Crippen LogP contribution is 2.32. The van der Waals surface area contributed by atoms with Gasteiger partial charge in [0.1, 0.15) is 0 Å². The van der Waals surface area contributed by atoms with Crippen molar-refractivity contribution in [3.8, 4) is 0 Å². The molecule has 0 N–H and O–H groups in total. The molecule has 26 heavy (non-hydrogen) atoms. The van der Waals surface area contributed by atoms with Gasteiger partial charge in [-0.3, -0.25) is 4.79 Å². The van der Waals surface area contributed by atoms with Crippen LogP contribution in [0.3, 0.4) is 0 Å². The second kappa shape index (κ2) is 7.86. The van der Waals surface area contributed by atoms with Crippen LogP contribution in [-0.2, 0) is 11.0 Å². The molecule has 0 spiro atoms. The van der Waals surface area contributed by atoms with Gasteiger partial charge in [0.05, 0.1) is 5.56 Å². The summed E-state index contributed by atoms with van der Waals surface area (Å²) in [7, 11) is 2.10. The first-order valence-corrected chi connectivity index (χ1v) is 9.21. The fourth-order valence-corrected chi connectivity index (χ4v) is 3.74. The van der Waals surface area contributed by atoms with Crippen LogP contribution in [0.25, 0.3) is 0 Å². The molecule has 1 aromatic carbocycles. The standard InChI is InChI=1S/C19H26F3N3O/c1-23-7-5-15(6-8-23)13-18(26)25-11-9-24(10-12-25)17-4-2-3-16(14-17)19(20,21)22/h2-4,14-15H,5-13H2,1H3. The van der Waals surface area contributed by atoms with Gasteiger partial charge in [0.2, 0.25) is 5.91 Å². The molecule has 2 saturated heterocycles. The number of hydrogen-bond donors (Lipinski definition) is 0. The number of amides is 1. The molecule has 2 aliphatic heterocycles. The van der Waals surface area contributed by atoms with E-state index in [-0.39, 0.29) is 5.91 Å². The molecule has 2 fully saturated rings. The third-order valence-corrected chi connectivity index (χ3v) is 5.47. The first-order valence-electron chi connectivity index (χ1n) is 9.21. The third-order valence-electron chi connectivity index (χ3n) is 5.47. The molecule has 1 aromatic rings. The van der Waals surface area contributed by atoms with Crippen LogP contribution in [0.1, 0.15) is 24.8 Å². The van der Waals surface area contributed by atoms with Crippen molar-refractivity contribution < 1.29 is 18.0 Å². The van der Waals surface area contributed by atoms with Crippen molar-refractivity contribution in [2.75, 3.05) is 51.2 Å². The summed E-state index contributed by atoms with van der Waals surface area (Å²) < 4.78 is 38.6. The fourth-order valence-electron chi connectivity index (χ4n) is 3.74. The number of carbonyl (C=O) groups excluding carboxylic acids is 1. The minimum atomic E-state index is -4.33. The Hall–Kier alpha value is -1.76. The van der Waals surface area contributed by atoms with Crippen LogP contribution in [0.4, 0.5) is 18.9 Å². The number of alkyl halides is 3. The Balaban J connectivity index is 1.52. The summed E-state index contributed by atoms with van der Waals surface area (Å²) in [5, 5.41) is 0. The molecule has 0 atom stereocenters. The van der Waals surface area contributed by atoms with Gasteiger partial charge in [-0.1, -0.05) is 6.07 Å². The number of likely N-dealkylation sites (tertiary alicyclic amines) is 1. The Bertz CT molecular complexity index is 619. The van der Waals surface area contributed by atoms with E-state index in [1.54, 1.807) is 6.07 Å². The van der Waals surface area contributed by atoms with Crippen LogP contribution in [0.5, 0.6) is 0 Å². The van der Waals surface area contributed by atoms with Crippen LogP contribution in [-0.4, -0.2) is 62.0 Å². The van der Waals surface area contributed by atoms with Crippen molar-refractivity contribution in [3.05, 3.63) is 29.8 Å². The van der Waals surface area contributed by atoms with Gasteiger partial charge in [0, 0.05) is 38.3 Å². The Morgan fingerprint density at radius 2 is 1.73 bits per heavy atom. The topological polar surface area (TPSA) is 26.8 Å². The van der Waals surface area contributed by atoms with E-state index in [4.69, 9.17) is 0 Å². The van der Waals surface area contributed by atoms with Gasteiger partial charge in [0.15, 0.2) is 0 Å². The maximum Gasteiger partial charge on any atom is 0.416 e. The Kier molecular flexibility index (Phi) is 5.75. The van der Waals surface area contributed by atoms with E-state index in [2.05, 4.69) is 11.9 Å². The molecule has 0 unspecified atom stereocenters. The molecular formula is C19H26F3N3O. The third kappa shape index (κ3) is 4.69. The predicted molar refractivity (Wildman–Crippen MR) is 95.1 cm³/mol. The minimum absolute atomic E-state index is 0.184. The number of carbonyl (C=O) groups is 1. The highest BCUT2D eigenvalue weighted by atomic mass is 19.4. The van der Waals surface area contributed by atoms with Gasteiger partial charge in [-0.25, -0.2) is 0 Å². The zero-order valence-electron chi connectivity index (χ0n) is 15.1. The summed E-state index contributed by atoms with van der Waals surface area (Å²) in [4.78, 5) is 18.6. The van der Waals surface area contributed by atoms with Crippen LogP contribution in [0, 0.1) is 5.92 Å². The normalized spacial score (nSPS) is 20.5. The number of anilines is 1. The van der Waals surface area contributed by atoms with E-state index < -0.39 is 11.7 Å². The summed E-state index contributed by atoms with van der Waals surface area (Å²) in [5.74, 6) is 0.642. The zero-order chi connectivity index (χ0) is 18.7. The number of rotatable bonds is 3. The van der Waals surface area contributed by atoms with E-state index in [0.717, 1.165) is 32.0 Å². The van der Waals surface area contributed by atoms with Crippen LogP contribution >= 0.6 is 0 Å². The van der Waals surface area contributed by atoms with Gasteiger partial charge in [0.25, 0.3) is 0 Å². The second-order valence-corrected chi connectivity index (χ2v) is 7.37. The second-order valence-electron chi connectivity index (χ2n) is 7.37. The summed E-state index contributed by atoms with van der Waals surface area (Å²) in [6, 6.07) is 5.42. The van der Waals surface area contributed by atoms with E-state index in [1.165, 1.54) is 12.1 Å². The van der Waals surface area contributed by atoms with Crippen molar-refractivity contribution in [2.24, 2.45) is 5.92 Å². The highest BCUT2D eigenvalue weighted by molar-refractivity contribution is 5.76. The number of benzene rings is 1. The molecule has 0 saturated carbocycles. The maximum absolute atomic E-state index is 12.9. The Morgan fingerprint density at radius 3 is 2.35 bits per heavy atom. The van der Waals surface area contributed by atoms with Gasteiger partial charge in [-0.2, -0.15) is 13.2 Å². The molecule has 1 amide bonds. The smallest absolute Gasteiger partial charge is 0.368 e. The highest BCUT2D eigenvalue weighted by Gasteiger charge is 2.31. The average Bonchev–Trinajstić information content (AvgIpc) is 2.63. The summed E-state index contributed by atoms with van der Waals surface area (Å²) >= 11 is 0. The molecule has 0 radical (unpaired) electrons. The number of halogens is 3. The molecule has 7 heteroatoms. The number of nitrogens with zero attached hydrogens (tertiary/aromatic N) is 3. The summed E-state index contributed by atoms with van der Waals surface area (Å²) in [6.45, 7) is 4.37. The molecule has 2 aliphatic rings. The largest absolute Gasteiger partial charge is 0.416 e. The van der Waals surface area contributed by atoms with E-state index in [0.29, 0.717) is 44.2 Å². The van der Waals surface area contributed by atoms with Gasteiger partial charge in [-0.15, -0.1) is 0 Å². The number of piperidine rings is 1. The first kappa shape index (κ1) is 19.0. The van der Waals surface area contributed by atoms with E-state index >= 15 is 0 Å². The lowest BCUT2D eigenvalue weighted by molar-refractivity contribution is -0.137. The SMILES string of the molecule is CN1CCC(CC(=O)N2CCN(c3cccc(C(F)(F)F)c3)CC2)CC1. The molecule has 2 heterocycles. The quantitative estimate of drug-likeness (QED) is 0.819. The average molecular weight is 369 g/mol. The van der Waals surface area contributed by atoms with E-state index in [1.807, 2.05) is 9.80 Å². The lowest BCUT2D eigenvalue weighted by Crippen LogP contribution is -2.49. The number of piperazine rings is 1.